The van der Waals surface area contributed by atoms with Gasteiger partial charge in [0.2, 0.25) is 0 Å². The fourth-order valence-electron chi connectivity index (χ4n) is 2.18. The molecule has 1 N–H and O–H groups in total. The van der Waals surface area contributed by atoms with Crippen molar-refractivity contribution in [2.24, 2.45) is 0 Å². The van der Waals surface area contributed by atoms with Gasteiger partial charge in [-0.05, 0) is 12.5 Å². The van der Waals surface area contributed by atoms with Gasteiger partial charge in [-0.2, -0.15) is 5.26 Å². The van der Waals surface area contributed by atoms with Crippen LogP contribution in [0.1, 0.15) is 18.9 Å². The van der Waals surface area contributed by atoms with E-state index in [1.54, 1.807) is 4.68 Å². The summed E-state index contributed by atoms with van der Waals surface area (Å²) in [6, 6.07) is 12.1. The second-order valence-electron chi connectivity index (χ2n) is 5.03. The number of nitriles is 1. The molecule has 0 aliphatic carbocycles. The molecule has 0 fully saturated rings. The van der Waals surface area contributed by atoms with E-state index in [9.17, 15) is 0 Å². The topological polar surface area (TPSA) is 92.3 Å². The van der Waals surface area contributed by atoms with Crippen LogP contribution in [0.3, 0.4) is 0 Å². The predicted molar refractivity (Wildman–Crippen MR) is 82.0 cm³/mol. The van der Waals surface area contributed by atoms with Crippen LogP contribution in [0.4, 0.5) is 5.82 Å². The van der Waals surface area contributed by atoms with E-state index in [2.05, 4.69) is 31.7 Å². The number of nitrogens with zero attached hydrogens (tertiary/aromatic N) is 6. The van der Waals surface area contributed by atoms with Crippen LogP contribution in [-0.2, 0) is 6.54 Å². The second-order valence-corrected chi connectivity index (χ2v) is 5.03. The van der Waals surface area contributed by atoms with Gasteiger partial charge in [0.1, 0.15) is 6.33 Å². The van der Waals surface area contributed by atoms with Crippen molar-refractivity contribution in [2.75, 3.05) is 5.32 Å². The molecule has 1 aromatic carbocycles. The Morgan fingerprint density at radius 3 is 2.86 bits per heavy atom. The quantitative estimate of drug-likeness (QED) is 0.773. The van der Waals surface area contributed by atoms with E-state index in [0.717, 1.165) is 5.56 Å². The van der Waals surface area contributed by atoms with Crippen molar-refractivity contribution in [2.45, 2.75) is 25.9 Å². The van der Waals surface area contributed by atoms with E-state index in [0.29, 0.717) is 29.9 Å². The first-order valence-corrected chi connectivity index (χ1v) is 6.99. The smallest absolute Gasteiger partial charge is 0.184 e. The van der Waals surface area contributed by atoms with Crippen molar-refractivity contribution in [3.8, 4) is 6.07 Å². The van der Waals surface area contributed by atoms with E-state index in [1.165, 1.54) is 6.33 Å². The van der Waals surface area contributed by atoms with Crippen molar-refractivity contribution >= 4 is 17.0 Å². The minimum atomic E-state index is -0.0117. The van der Waals surface area contributed by atoms with Gasteiger partial charge in [-0.1, -0.05) is 35.5 Å². The molecule has 0 spiro atoms. The van der Waals surface area contributed by atoms with Gasteiger partial charge in [-0.3, -0.25) is 0 Å². The van der Waals surface area contributed by atoms with Gasteiger partial charge < -0.3 is 5.32 Å². The number of nitrogens with one attached hydrogen (secondary N) is 1. The molecule has 0 radical (unpaired) electrons. The average molecular weight is 293 g/mol. The lowest BCUT2D eigenvalue weighted by atomic mass is 10.2. The molecule has 2 heterocycles. The number of rotatable bonds is 5. The first kappa shape index (κ1) is 13.9. The molecule has 0 saturated heterocycles. The van der Waals surface area contributed by atoms with Crippen molar-refractivity contribution in [3.05, 3.63) is 42.2 Å². The minimum absolute atomic E-state index is 0.0117. The lowest BCUT2D eigenvalue weighted by molar-refractivity contribution is 0.664. The van der Waals surface area contributed by atoms with E-state index in [4.69, 9.17) is 5.26 Å². The zero-order valence-electron chi connectivity index (χ0n) is 12.1. The van der Waals surface area contributed by atoms with Crippen LogP contribution in [0.15, 0.2) is 36.7 Å². The molecule has 7 nitrogen and oxygen atoms in total. The maximum atomic E-state index is 8.74. The molecule has 0 aliphatic heterocycles. The van der Waals surface area contributed by atoms with Gasteiger partial charge in [-0.25, -0.2) is 14.6 Å². The molecule has 0 amide bonds. The average Bonchev–Trinajstić information content (AvgIpc) is 2.93. The van der Waals surface area contributed by atoms with Crippen molar-refractivity contribution in [1.82, 2.24) is 25.0 Å². The molecule has 22 heavy (non-hydrogen) atoms. The summed E-state index contributed by atoms with van der Waals surface area (Å²) in [4.78, 5) is 8.48. The van der Waals surface area contributed by atoms with Gasteiger partial charge >= 0.3 is 0 Å². The van der Waals surface area contributed by atoms with Crippen LogP contribution in [0.5, 0.6) is 0 Å². The molecule has 3 rings (SSSR count). The second kappa shape index (κ2) is 6.18. The normalized spacial score (nSPS) is 12.0. The summed E-state index contributed by atoms with van der Waals surface area (Å²) in [6.45, 7) is 2.52. The Morgan fingerprint density at radius 1 is 1.27 bits per heavy atom. The Bertz CT molecular complexity index is 804. The lowest BCUT2D eigenvalue weighted by Crippen LogP contribution is -2.15. The highest BCUT2D eigenvalue weighted by atomic mass is 15.4. The van der Waals surface area contributed by atoms with Gasteiger partial charge in [0.15, 0.2) is 17.0 Å². The van der Waals surface area contributed by atoms with E-state index >= 15 is 0 Å². The fraction of sp³-hybridized carbons (Fsp3) is 0.267. The Labute approximate surface area is 127 Å². The minimum Gasteiger partial charge on any atom is -0.365 e. The molecule has 7 heteroatoms. The monoisotopic (exact) mass is 293 g/mol. The molecule has 110 valence electrons. The number of hydrogen-bond donors (Lipinski definition) is 1. The van der Waals surface area contributed by atoms with Crippen LogP contribution < -0.4 is 5.32 Å². The largest absolute Gasteiger partial charge is 0.365 e. The molecule has 0 unspecified atom stereocenters. The SMILES string of the molecule is C[C@@H](CC#N)Nc1ncnc2c1nnn2Cc1ccccc1. The van der Waals surface area contributed by atoms with Gasteiger partial charge in [-0.15, -0.1) is 5.10 Å². The van der Waals surface area contributed by atoms with E-state index in [-0.39, 0.29) is 6.04 Å². The first-order valence-electron chi connectivity index (χ1n) is 6.99. The predicted octanol–water partition coefficient (Wildman–Crippen LogP) is 1.98. The zero-order chi connectivity index (χ0) is 15.4. The summed E-state index contributed by atoms with van der Waals surface area (Å²) in [5, 5.41) is 20.2. The third-order valence-electron chi connectivity index (χ3n) is 3.26. The standard InChI is InChI=1S/C15H15N7/c1-11(7-8-16)19-14-13-15(18-10-17-14)22(21-20-13)9-12-5-3-2-4-6-12/h2-6,10-11H,7,9H2,1H3,(H,17,18,19)/t11-/m0/s1. The number of fused-ring (bicyclic) bond motifs is 1. The summed E-state index contributed by atoms with van der Waals surface area (Å²) >= 11 is 0. The number of anilines is 1. The number of hydrogen-bond acceptors (Lipinski definition) is 6. The number of benzene rings is 1. The zero-order valence-corrected chi connectivity index (χ0v) is 12.1. The summed E-state index contributed by atoms with van der Waals surface area (Å²) in [7, 11) is 0. The molecule has 1 atom stereocenters. The molecule has 0 bridgehead atoms. The Hall–Kier alpha value is -3.01. The maximum absolute atomic E-state index is 8.74. The fourth-order valence-corrected chi connectivity index (χ4v) is 2.18. The Balaban J connectivity index is 1.90. The third-order valence-corrected chi connectivity index (χ3v) is 3.26. The van der Waals surface area contributed by atoms with Crippen LogP contribution in [-0.4, -0.2) is 31.0 Å². The van der Waals surface area contributed by atoms with Crippen LogP contribution >= 0.6 is 0 Å². The third kappa shape index (κ3) is 2.86. The Morgan fingerprint density at radius 2 is 2.09 bits per heavy atom. The van der Waals surface area contributed by atoms with Crippen molar-refractivity contribution in [3.63, 3.8) is 0 Å². The van der Waals surface area contributed by atoms with Gasteiger partial charge in [0.05, 0.1) is 19.0 Å². The first-order chi connectivity index (χ1) is 10.8. The van der Waals surface area contributed by atoms with Crippen LogP contribution in [0.25, 0.3) is 11.2 Å². The maximum Gasteiger partial charge on any atom is 0.184 e. The molecule has 3 aromatic rings. The molecule has 0 aliphatic rings. The van der Waals surface area contributed by atoms with Crippen LogP contribution in [0.2, 0.25) is 0 Å². The van der Waals surface area contributed by atoms with Crippen LogP contribution in [0, 0.1) is 11.3 Å². The highest BCUT2D eigenvalue weighted by Gasteiger charge is 2.13. The summed E-state index contributed by atoms with van der Waals surface area (Å²) in [6.07, 6.45) is 1.87. The Kier molecular flexibility index (Phi) is 3.92. The number of aromatic nitrogens is 5. The molecular formula is C15H15N7. The summed E-state index contributed by atoms with van der Waals surface area (Å²) in [5.41, 5.74) is 2.41. The molecule has 0 saturated carbocycles. The van der Waals surface area contributed by atoms with Gasteiger partial charge in [0, 0.05) is 6.04 Å². The summed E-state index contributed by atoms with van der Waals surface area (Å²) < 4.78 is 1.74. The van der Waals surface area contributed by atoms with E-state index in [1.807, 2.05) is 37.3 Å². The molecular weight excluding hydrogens is 278 g/mol. The van der Waals surface area contributed by atoms with E-state index < -0.39 is 0 Å². The van der Waals surface area contributed by atoms with Gasteiger partial charge in [0.25, 0.3) is 0 Å². The summed E-state index contributed by atoms with van der Waals surface area (Å²) in [5.74, 6) is 0.604. The van der Waals surface area contributed by atoms with Crippen molar-refractivity contribution in [1.29, 1.82) is 5.26 Å². The lowest BCUT2D eigenvalue weighted by Gasteiger charge is -2.10. The highest BCUT2D eigenvalue weighted by molar-refractivity contribution is 5.81. The molecule has 2 aromatic heterocycles. The highest BCUT2D eigenvalue weighted by Crippen LogP contribution is 2.18. The van der Waals surface area contributed by atoms with Crippen molar-refractivity contribution < 1.29 is 0 Å².